The Morgan fingerprint density at radius 3 is 2.59 bits per heavy atom. The van der Waals surface area contributed by atoms with Gasteiger partial charge >= 0.3 is 0 Å². The molecule has 7 heteroatoms. The molecule has 2 aliphatic rings. The van der Waals surface area contributed by atoms with Crippen molar-refractivity contribution in [1.82, 2.24) is 10.3 Å². The highest BCUT2D eigenvalue weighted by molar-refractivity contribution is 7.80. The molecular formula is C25H33ClN4OS. The first-order chi connectivity index (χ1) is 15.4. The number of halogens is 1. The topological polar surface area (TPSA) is 49.4 Å². The van der Waals surface area contributed by atoms with E-state index in [0.29, 0.717) is 16.9 Å². The largest absolute Gasteiger partial charge is 0.381 e. The van der Waals surface area contributed by atoms with Gasteiger partial charge in [-0.1, -0.05) is 37.6 Å². The Hall–Kier alpha value is -1.89. The lowest BCUT2D eigenvalue weighted by atomic mass is 9.74. The molecule has 172 valence electrons. The van der Waals surface area contributed by atoms with Gasteiger partial charge in [0.1, 0.15) is 5.82 Å². The summed E-state index contributed by atoms with van der Waals surface area (Å²) in [7, 11) is 0. The normalized spacial score (nSPS) is 22.9. The molecule has 2 atom stereocenters. The van der Waals surface area contributed by atoms with Crippen molar-refractivity contribution in [3.8, 4) is 0 Å². The second-order valence-electron chi connectivity index (χ2n) is 9.47. The second-order valence-corrected chi connectivity index (χ2v) is 10.3. The number of nitrogens with zero attached hydrogens (tertiary/aromatic N) is 2. The average Bonchev–Trinajstić information content (AvgIpc) is 2.78. The Balaban J connectivity index is 1.36. The van der Waals surface area contributed by atoms with Gasteiger partial charge in [0, 0.05) is 43.3 Å². The molecule has 0 unspecified atom stereocenters. The number of benzene rings is 1. The molecule has 0 saturated carbocycles. The van der Waals surface area contributed by atoms with Gasteiger partial charge in [0.25, 0.3) is 0 Å². The standard InChI is InChI=1S/C25H33ClN4OS/c1-18-12-19(2)16-30(15-18)23-7-6-22(14-27-23)29-24(32)28-17-25(8-10-31-11-9-25)20-4-3-5-21(26)13-20/h3-7,13-14,18-19H,8-12,15-17H2,1-2H3,(H2,28,29,32)/t18-,19-/m1/s1. The highest BCUT2D eigenvalue weighted by Gasteiger charge is 2.34. The third-order valence-electron chi connectivity index (χ3n) is 6.67. The summed E-state index contributed by atoms with van der Waals surface area (Å²) in [5.41, 5.74) is 2.09. The Morgan fingerprint density at radius 1 is 1.19 bits per heavy atom. The smallest absolute Gasteiger partial charge is 0.170 e. The summed E-state index contributed by atoms with van der Waals surface area (Å²) in [4.78, 5) is 7.08. The van der Waals surface area contributed by atoms with E-state index in [1.807, 2.05) is 18.3 Å². The zero-order chi connectivity index (χ0) is 22.6. The van der Waals surface area contributed by atoms with E-state index < -0.39 is 0 Å². The Bertz CT molecular complexity index is 906. The molecule has 0 aliphatic carbocycles. The number of hydrogen-bond donors (Lipinski definition) is 2. The lowest BCUT2D eigenvalue weighted by Gasteiger charge is -2.38. The predicted molar refractivity (Wildman–Crippen MR) is 137 cm³/mol. The number of piperidine rings is 1. The van der Waals surface area contributed by atoms with Gasteiger partial charge in [-0.15, -0.1) is 0 Å². The number of nitrogens with one attached hydrogen (secondary N) is 2. The molecule has 3 heterocycles. The quantitative estimate of drug-likeness (QED) is 0.579. The summed E-state index contributed by atoms with van der Waals surface area (Å²) in [5, 5.41) is 8.09. The summed E-state index contributed by atoms with van der Waals surface area (Å²) < 4.78 is 5.63. The van der Waals surface area contributed by atoms with Crippen LogP contribution in [0.3, 0.4) is 0 Å². The minimum absolute atomic E-state index is 0.0430. The van der Waals surface area contributed by atoms with E-state index in [1.54, 1.807) is 0 Å². The van der Waals surface area contributed by atoms with Crippen LogP contribution in [0.2, 0.25) is 5.02 Å². The van der Waals surface area contributed by atoms with Crippen LogP contribution in [0.15, 0.2) is 42.6 Å². The van der Waals surface area contributed by atoms with Crippen molar-refractivity contribution in [2.24, 2.45) is 11.8 Å². The van der Waals surface area contributed by atoms with Gasteiger partial charge in [-0.25, -0.2) is 4.98 Å². The molecule has 2 aromatic rings. The van der Waals surface area contributed by atoms with Crippen molar-refractivity contribution in [2.45, 2.75) is 38.5 Å². The zero-order valence-electron chi connectivity index (χ0n) is 18.9. The third-order valence-corrected chi connectivity index (χ3v) is 7.15. The van der Waals surface area contributed by atoms with Crippen LogP contribution in [-0.2, 0) is 10.2 Å². The fraction of sp³-hybridized carbons (Fsp3) is 0.520. The van der Waals surface area contributed by atoms with E-state index in [2.05, 4.69) is 53.6 Å². The average molecular weight is 473 g/mol. The fourth-order valence-corrected chi connectivity index (χ4v) is 5.45. The lowest BCUT2D eigenvalue weighted by Crippen LogP contribution is -2.45. The highest BCUT2D eigenvalue weighted by atomic mass is 35.5. The summed E-state index contributed by atoms with van der Waals surface area (Å²) in [6.45, 7) is 8.99. The number of hydrogen-bond acceptors (Lipinski definition) is 4. The summed E-state index contributed by atoms with van der Waals surface area (Å²) >= 11 is 11.9. The fourth-order valence-electron chi connectivity index (χ4n) is 5.07. The summed E-state index contributed by atoms with van der Waals surface area (Å²) in [6.07, 6.45) is 5.03. The van der Waals surface area contributed by atoms with Crippen LogP contribution in [0.5, 0.6) is 0 Å². The van der Waals surface area contributed by atoms with Gasteiger partial charge in [-0.3, -0.25) is 0 Å². The number of anilines is 2. The number of ether oxygens (including phenoxy) is 1. The van der Waals surface area contributed by atoms with E-state index in [9.17, 15) is 0 Å². The molecule has 2 saturated heterocycles. The Morgan fingerprint density at radius 2 is 1.94 bits per heavy atom. The van der Waals surface area contributed by atoms with E-state index >= 15 is 0 Å². The number of aromatic nitrogens is 1. The van der Waals surface area contributed by atoms with Crippen LogP contribution in [0.25, 0.3) is 0 Å². The SMILES string of the molecule is C[C@@H]1C[C@@H](C)CN(c2ccc(NC(=S)NCC3(c4cccc(Cl)c4)CCOCC3)cn2)C1. The number of pyridine rings is 1. The second kappa shape index (κ2) is 10.4. The molecule has 0 radical (unpaired) electrons. The molecular weight excluding hydrogens is 440 g/mol. The van der Waals surface area contributed by atoms with Gasteiger partial charge in [0.15, 0.2) is 5.11 Å². The maximum absolute atomic E-state index is 6.28. The van der Waals surface area contributed by atoms with Gasteiger partial charge < -0.3 is 20.3 Å². The monoisotopic (exact) mass is 472 g/mol. The molecule has 0 bridgehead atoms. The van der Waals surface area contributed by atoms with Crippen molar-refractivity contribution >= 4 is 40.4 Å². The first-order valence-corrected chi connectivity index (χ1v) is 12.3. The van der Waals surface area contributed by atoms with E-state index in [1.165, 1.54) is 12.0 Å². The van der Waals surface area contributed by atoms with Crippen molar-refractivity contribution in [3.63, 3.8) is 0 Å². The molecule has 4 rings (SSSR count). The Kier molecular flexibility index (Phi) is 7.54. The molecule has 5 nitrogen and oxygen atoms in total. The lowest BCUT2D eigenvalue weighted by molar-refractivity contribution is 0.0515. The molecule has 2 fully saturated rings. The van der Waals surface area contributed by atoms with Gasteiger partial charge in [0.05, 0.1) is 11.9 Å². The molecule has 1 aromatic carbocycles. The van der Waals surface area contributed by atoms with Crippen LogP contribution in [0.4, 0.5) is 11.5 Å². The van der Waals surface area contributed by atoms with Gasteiger partial charge in [-0.05, 0) is 73.1 Å². The molecule has 2 N–H and O–H groups in total. The van der Waals surface area contributed by atoms with Crippen molar-refractivity contribution in [2.75, 3.05) is 43.1 Å². The van der Waals surface area contributed by atoms with Crippen LogP contribution in [0.1, 0.15) is 38.7 Å². The first kappa shape index (κ1) is 23.3. The Labute approximate surface area is 201 Å². The predicted octanol–water partition coefficient (Wildman–Crippen LogP) is 5.25. The van der Waals surface area contributed by atoms with Crippen molar-refractivity contribution < 1.29 is 4.74 Å². The van der Waals surface area contributed by atoms with Gasteiger partial charge in [0.2, 0.25) is 0 Å². The maximum atomic E-state index is 6.28. The zero-order valence-corrected chi connectivity index (χ0v) is 20.5. The minimum Gasteiger partial charge on any atom is -0.381 e. The van der Waals surface area contributed by atoms with E-state index in [-0.39, 0.29) is 5.41 Å². The van der Waals surface area contributed by atoms with Crippen molar-refractivity contribution in [3.05, 3.63) is 53.2 Å². The summed E-state index contributed by atoms with van der Waals surface area (Å²) in [5.74, 6) is 2.44. The first-order valence-electron chi connectivity index (χ1n) is 11.5. The molecule has 2 aliphatic heterocycles. The number of rotatable bonds is 5. The highest BCUT2D eigenvalue weighted by Crippen LogP contribution is 2.35. The van der Waals surface area contributed by atoms with Crippen LogP contribution >= 0.6 is 23.8 Å². The molecule has 1 aromatic heterocycles. The summed E-state index contributed by atoms with van der Waals surface area (Å²) in [6, 6.07) is 12.3. The van der Waals surface area contributed by atoms with Crippen LogP contribution < -0.4 is 15.5 Å². The van der Waals surface area contributed by atoms with E-state index in [4.69, 9.17) is 33.5 Å². The van der Waals surface area contributed by atoms with Crippen LogP contribution in [0, 0.1) is 11.8 Å². The maximum Gasteiger partial charge on any atom is 0.170 e. The third kappa shape index (κ3) is 5.72. The minimum atomic E-state index is -0.0430. The van der Waals surface area contributed by atoms with Crippen molar-refractivity contribution in [1.29, 1.82) is 0 Å². The molecule has 0 spiro atoms. The molecule has 32 heavy (non-hydrogen) atoms. The molecule has 0 amide bonds. The van der Waals surface area contributed by atoms with Crippen LogP contribution in [-0.4, -0.2) is 42.9 Å². The van der Waals surface area contributed by atoms with Gasteiger partial charge in [-0.2, -0.15) is 0 Å². The number of thiocarbonyl (C=S) groups is 1. The van der Waals surface area contributed by atoms with E-state index in [0.717, 1.165) is 62.2 Å².